The fraction of sp³-hybridized carbons (Fsp3) is 0.200. The molecule has 0 aliphatic rings. The van der Waals surface area contributed by atoms with Crippen LogP contribution in [0.5, 0.6) is 0 Å². The molecule has 2 aromatic heterocycles. The summed E-state index contributed by atoms with van der Waals surface area (Å²) in [5, 5.41) is 17.6. The number of carbonyl (C=O) groups is 1. The molecule has 0 aliphatic heterocycles. The summed E-state index contributed by atoms with van der Waals surface area (Å²) >= 11 is 1.30. The zero-order valence-corrected chi connectivity index (χ0v) is 16.1. The van der Waals surface area contributed by atoms with Crippen LogP contribution in [0.25, 0.3) is 10.8 Å². The molecule has 142 valence electrons. The van der Waals surface area contributed by atoms with Crippen molar-refractivity contribution >= 4 is 28.4 Å². The number of rotatable bonds is 7. The first-order valence-electron chi connectivity index (χ1n) is 8.89. The lowest BCUT2D eigenvalue weighted by Gasteiger charge is -2.16. The molecule has 1 amide bonds. The maximum atomic E-state index is 12.5. The van der Waals surface area contributed by atoms with E-state index in [0.29, 0.717) is 11.7 Å². The van der Waals surface area contributed by atoms with Gasteiger partial charge in [-0.2, -0.15) is 0 Å². The van der Waals surface area contributed by atoms with Gasteiger partial charge in [-0.3, -0.25) is 4.79 Å². The van der Waals surface area contributed by atoms with Crippen molar-refractivity contribution in [2.45, 2.75) is 24.7 Å². The van der Waals surface area contributed by atoms with Gasteiger partial charge in [0.25, 0.3) is 0 Å². The van der Waals surface area contributed by atoms with Crippen LogP contribution < -0.4 is 5.32 Å². The first-order valence-corrected chi connectivity index (χ1v) is 9.87. The highest BCUT2D eigenvalue weighted by atomic mass is 32.2. The number of furan rings is 1. The fourth-order valence-electron chi connectivity index (χ4n) is 3.07. The molecule has 28 heavy (non-hydrogen) atoms. The Kier molecular flexibility index (Phi) is 5.38. The molecular formula is C20H19N5O2S. The largest absolute Gasteiger partial charge is 0.467 e. The predicted octanol–water partition coefficient (Wildman–Crippen LogP) is 3.44. The Hall–Kier alpha value is -3.13. The van der Waals surface area contributed by atoms with Gasteiger partial charge in [-0.25, -0.2) is 4.68 Å². The van der Waals surface area contributed by atoms with Crippen LogP contribution >= 0.6 is 11.8 Å². The Labute approximate surface area is 166 Å². The number of amides is 1. The molecule has 0 radical (unpaired) electrons. The number of thioether (sulfide) groups is 1. The van der Waals surface area contributed by atoms with E-state index in [0.717, 1.165) is 22.1 Å². The topological polar surface area (TPSA) is 85.8 Å². The molecule has 8 heteroatoms. The number of hydrogen-bond donors (Lipinski definition) is 1. The lowest BCUT2D eigenvalue weighted by Crippen LogP contribution is -2.28. The van der Waals surface area contributed by atoms with E-state index in [1.54, 1.807) is 10.9 Å². The fourth-order valence-corrected chi connectivity index (χ4v) is 3.76. The second-order valence-corrected chi connectivity index (χ2v) is 7.29. The molecule has 0 bridgehead atoms. The minimum Gasteiger partial charge on any atom is -0.467 e. The summed E-state index contributed by atoms with van der Waals surface area (Å²) in [6.07, 6.45) is 1.61. The average molecular weight is 393 g/mol. The van der Waals surface area contributed by atoms with Gasteiger partial charge in [-0.15, -0.1) is 5.10 Å². The number of benzene rings is 2. The van der Waals surface area contributed by atoms with E-state index in [1.165, 1.54) is 11.8 Å². The van der Waals surface area contributed by atoms with E-state index in [4.69, 9.17) is 4.42 Å². The van der Waals surface area contributed by atoms with Gasteiger partial charge >= 0.3 is 0 Å². The lowest BCUT2D eigenvalue weighted by molar-refractivity contribution is -0.119. The maximum absolute atomic E-state index is 12.5. The van der Waals surface area contributed by atoms with Gasteiger partial charge in [0.15, 0.2) is 0 Å². The number of tetrazole rings is 1. The van der Waals surface area contributed by atoms with Crippen molar-refractivity contribution in [3.05, 3.63) is 72.2 Å². The molecule has 7 nitrogen and oxygen atoms in total. The van der Waals surface area contributed by atoms with Crippen LogP contribution in [-0.4, -0.2) is 31.9 Å². The summed E-state index contributed by atoms with van der Waals surface area (Å²) in [5.74, 6) is 0.911. The summed E-state index contributed by atoms with van der Waals surface area (Å²) in [4.78, 5) is 12.5. The van der Waals surface area contributed by atoms with Gasteiger partial charge in [-0.1, -0.05) is 54.2 Å². The molecule has 4 rings (SSSR count). The molecule has 4 aromatic rings. The maximum Gasteiger partial charge on any atom is 0.230 e. The summed E-state index contributed by atoms with van der Waals surface area (Å²) in [7, 11) is 0. The standard InChI is InChI=1S/C20H19N5O2S/c1-14(17-10-4-7-15-6-2-3-9-18(15)17)21-19(26)13-28-20-22-23-24-25(20)12-16-8-5-11-27-16/h2-11,14H,12-13H2,1H3,(H,21,26). The number of nitrogens with one attached hydrogen (secondary N) is 1. The molecular weight excluding hydrogens is 374 g/mol. The van der Waals surface area contributed by atoms with E-state index in [2.05, 4.69) is 39.0 Å². The van der Waals surface area contributed by atoms with Crippen molar-refractivity contribution in [3.8, 4) is 0 Å². The van der Waals surface area contributed by atoms with E-state index in [1.807, 2.05) is 43.3 Å². The average Bonchev–Trinajstić information content (AvgIpc) is 3.38. The molecule has 1 atom stereocenters. The molecule has 0 spiro atoms. The Morgan fingerprint density at radius 3 is 2.89 bits per heavy atom. The first-order chi connectivity index (χ1) is 13.7. The second kappa shape index (κ2) is 8.26. The highest BCUT2D eigenvalue weighted by Crippen LogP contribution is 2.24. The number of aromatic nitrogens is 4. The van der Waals surface area contributed by atoms with E-state index in [-0.39, 0.29) is 17.7 Å². The van der Waals surface area contributed by atoms with E-state index < -0.39 is 0 Å². The summed E-state index contributed by atoms with van der Waals surface area (Å²) in [5.41, 5.74) is 1.10. The van der Waals surface area contributed by atoms with E-state index in [9.17, 15) is 4.79 Å². The number of fused-ring (bicyclic) bond motifs is 1. The number of hydrogen-bond acceptors (Lipinski definition) is 6. The summed E-state index contributed by atoms with van der Waals surface area (Å²) in [6.45, 7) is 2.42. The third-order valence-corrected chi connectivity index (χ3v) is 5.34. The molecule has 0 aliphatic carbocycles. The van der Waals surface area contributed by atoms with Crippen molar-refractivity contribution in [2.24, 2.45) is 0 Å². The van der Waals surface area contributed by atoms with E-state index >= 15 is 0 Å². The van der Waals surface area contributed by atoms with Crippen molar-refractivity contribution in [2.75, 3.05) is 5.75 Å². The third kappa shape index (κ3) is 4.07. The van der Waals surface area contributed by atoms with Crippen LogP contribution in [0.3, 0.4) is 0 Å². The Balaban J connectivity index is 1.38. The van der Waals surface area contributed by atoms with Crippen molar-refractivity contribution < 1.29 is 9.21 Å². The Bertz CT molecular complexity index is 1070. The quantitative estimate of drug-likeness (QED) is 0.484. The van der Waals surface area contributed by atoms with Crippen LogP contribution in [0.1, 0.15) is 24.3 Å². The molecule has 2 heterocycles. The SMILES string of the molecule is CC(NC(=O)CSc1nnnn1Cc1ccco1)c1cccc2ccccc12. The van der Waals surface area contributed by atoms with Crippen LogP contribution in [0.2, 0.25) is 0 Å². The zero-order valence-electron chi connectivity index (χ0n) is 15.3. The first kappa shape index (κ1) is 18.2. The van der Waals surface area contributed by atoms with Crippen LogP contribution in [0, 0.1) is 0 Å². The minimum absolute atomic E-state index is 0.0713. The second-order valence-electron chi connectivity index (χ2n) is 6.34. The van der Waals surface area contributed by atoms with Gasteiger partial charge in [0.2, 0.25) is 11.1 Å². The Morgan fingerprint density at radius 1 is 1.18 bits per heavy atom. The number of nitrogens with zero attached hydrogens (tertiary/aromatic N) is 4. The van der Waals surface area contributed by atoms with Gasteiger partial charge in [0.1, 0.15) is 12.3 Å². The molecule has 0 fully saturated rings. The lowest BCUT2D eigenvalue weighted by atomic mass is 10.00. The minimum atomic E-state index is -0.0988. The van der Waals surface area contributed by atoms with Crippen LogP contribution in [-0.2, 0) is 11.3 Å². The Morgan fingerprint density at radius 2 is 2.04 bits per heavy atom. The van der Waals surface area contributed by atoms with Crippen LogP contribution in [0.4, 0.5) is 0 Å². The highest BCUT2D eigenvalue weighted by Gasteiger charge is 2.15. The molecule has 0 saturated heterocycles. The van der Waals surface area contributed by atoms with Gasteiger partial charge in [0.05, 0.1) is 18.1 Å². The van der Waals surface area contributed by atoms with Crippen molar-refractivity contribution in [1.82, 2.24) is 25.5 Å². The summed E-state index contributed by atoms with van der Waals surface area (Å²) in [6, 6.07) is 17.9. The molecule has 1 unspecified atom stereocenters. The summed E-state index contributed by atoms with van der Waals surface area (Å²) < 4.78 is 6.94. The van der Waals surface area contributed by atoms with Crippen molar-refractivity contribution in [3.63, 3.8) is 0 Å². The molecule has 1 N–H and O–H groups in total. The third-order valence-electron chi connectivity index (χ3n) is 4.38. The van der Waals surface area contributed by atoms with Gasteiger partial charge in [-0.05, 0) is 45.8 Å². The zero-order chi connectivity index (χ0) is 19.3. The number of carbonyl (C=O) groups excluding carboxylic acids is 1. The van der Waals surface area contributed by atoms with Gasteiger partial charge in [0, 0.05) is 0 Å². The van der Waals surface area contributed by atoms with Crippen molar-refractivity contribution in [1.29, 1.82) is 0 Å². The predicted molar refractivity (Wildman–Crippen MR) is 107 cm³/mol. The van der Waals surface area contributed by atoms with Gasteiger partial charge < -0.3 is 9.73 Å². The smallest absolute Gasteiger partial charge is 0.230 e. The molecule has 2 aromatic carbocycles. The normalized spacial score (nSPS) is 12.2. The van der Waals surface area contributed by atoms with Crippen LogP contribution in [0.15, 0.2) is 70.4 Å². The highest BCUT2D eigenvalue weighted by molar-refractivity contribution is 7.99. The monoisotopic (exact) mass is 393 g/mol. The molecule has 0 saturated carbocycles.